The van der Waals surface area contributed by atoms with Gasteiger partial charge in [-0.15, -0.1) is 0 Å². The van der Waals surface area contributed by atoms with Crippen molar-refractivity contribution >= 4 is 21.8 Å². The van der Waals surface area contributed by atoms with E-state index in [0.29, 0.717) is 5.56 Å². The van der Waals surface area contributed by atoms with E-state index in [9.17, 15) is 13.0 Å². The predicted molar refractivity (Wildman–Crippen MR) is 70.4 cm³/mol. The molecule has 17 heavy (non-hydrogen) atoms. The average molecular weight is 252 g/mol. The Morgan fingerprint density at radius 1 is 1.41 bits per heavy atom. The monoisotopic (exact) mass is 252 g/mol. The quantitative estimate of drug-likeness (QED) is 0.840. The molecule has 0 aliphatic carbocycles. The third-order valence-corrected chi connectivity index (χ3v) is 3.52. The van der Waals surface area contributed by atoms with Crippen LogP contribution in [0.2, 0.25) is 0 Å². The van der Waals surface area contributed by atoms with Crippen LogP contribution in [-0.4, -0.2) is 13.0 Å². The summed E-state index contributed by atoms with van der Waals surface area (Å²) in [5.74, 6) is 0. The van der Waals surface area contributed by atoms with E-state index in [2.05, 4.69) is 6.58 Å². The van der Waals surface area contributed by atoms with Crippen LogP contribution in [0.3, 0.4) is 0 Å². The zero-order valence-corrected chi connectivity index (χ0v) is 11.0. The first-order chi connectivity index (χ1) is 7.81. The first-order valence-electron chi connectivity index (χ1n) is 5.19. The van der Waals surface area contributed by atoms with E-state index < -0.39 is 10.1 Å². The normalized spacial score (nSPS) is 12.6. The van der Waals surface area contributed by atoms with Crippen molar-refractivity contribution in [2.24, 2.45) is 0 Å². The molecule has 92 valence electrons. The van der Waals surface area contributed by atoms with Gasteiger partial charge in [-0.2, -0.15) is 8.42 Å². The van der Waals surface area contributed by atoms with Crippen LogP contribution in [0, 0.1) is 6.92 Å². The van der Waals surface area contributed by atoms with Crippen LogP contribution in [0.4, 0.5) is 0 Å². The van der Waals surface area contributed by atoms with Crippen molar-refractivity contribution in [3.05, 3.63) is 41.5 Å². The molecule has 1 aromatic rings. The number of benzene rings is 1. The van der Waals surface area contributed by atoms with E-state index in [0.717, 1.165) is 16.7 Å². The van der Waals surface area contributed by atoms with Crippen LogP contribution in [0.25, 0.3) is 11.6 Å². The second-order valence-corrected chi connectivity index (χ2v) is 5.27. The van der Waals surface area contributed by atoms with E-state index in [4.69, 9.17) is 0 Å². The topological polar surface area (TPSA) is 54.4 Å². The molecule has 0 unspecified atom stereocenters. The standard InChI is InChI=1S/C13H16O3S/c1-5-10(4)12-7-9(3)8-13(11(12)6-2)17(14,15)16/h5-8H,2H2,1,3-4H3,(H,14,15,16)/b10-5-. The summed E-state index contributed by atoms with van der Waals surface area (Å²) >= 11 is 0. The number of hydrogen-bond acceptors (Lipinski definition) is 2. The number of rotatable bonds is 3. The van der Waals surface area contributed by atoms with Crippen molar-refractivity contribution in [1.82, 2.24) is 0 Å². The van der Waals surface area contributed by atoms with Gasteiger partial charge in [-0.1, -0.05) is 24.8 Å². The zero-order chi connectivity index (χ0) is 13.2. The summed E-state index contributed by atoms with van der Waals surface area (Å²) in [6.07, 6.45) is 3.33. The van der Waals surface area contributed by atoms with Crippen LogP contribution >= 0.6 is 0 Å². The molecule has 0 saturated heterocycles. The molecular formula is C13H16O3S. The van der Waals surface area contributed by atoms with Gasteiger partial charge >= 0.3 is 0 Å². The van der Waals surface area contributed by atoms with Gasteiger partial charge in [0.1, 0.15) is 4.90 Å². The molecule has 0 aliphatic rings. The summed E-state index contributed by atoms with van der Waals surface area (Å²) in [6.45, 7) is 9.15. The largest absolute Gasteiger partial charge is 0.295 e. The molecule has 1 N–H and O–H groups in total. The van der Waals surface area contributed by atoms with Crippen LogP contribution in [-0.2, 0) is 10.1 Å². The molecule has 1 aromatic carbocycles. The smallest absolute Gasteiger partial charge is 0.282 e. The second-order valence-electron chi connectivity index (χ2n) is 3.88. The number of aryl methyl sites for hydroxylation is 1. The molecule has 0 aromatic heterocycles. The van der Waals surface area contributed by atoms with Gasteiger partial charge in [0.2, 0.25) is 0 Å². The Balaban J connectivity index is 3.76. The van der Waals surface area contributed by atoms with E-state index in [1.54, 1.807) is 6.92 Å². The van der Waals surface area contributed by atoms with E-state index in [1.165, 1.54) is 12.1 Å². The first kappa shape index (κ1) is 13.7. The minimum absolute atomic E-state index is 0.0938. The van der Waals surface area contributed by atoms with E-state index >= 15 is 0 Å². The molecule has 0 radical (unpaired) electrons. The highest BCUT2D eigenvalue weighted by atomic mass is 32.2. The second kappa shape index (κ2) is 4.85. The maximum absolute atomic E-state index is 11.3. The lowest BCUT2D eigenvalue weighted by molar-refractivity contribution is 0.483. The van der Waals surface area contributed by atoms with Crippen molar-refractivity contribution in [1.29, 1.82) is 0 Å². The molecule has 0 aliphatic heterocycles. The zero-order valence-electron chi connectivity index (χ0n) is 10.2. The van der Waals surface area contributed by atoms with Gasteiger partial charge in [-0.3, -0.25) is 4.55 Å². The SMILES string of the molecule is C=Cc1c(/C(C)=C\C)cc(C)cc1S(=O)(=O)O. The Bertz CT molecular complexity index is 581. The molecule has 0 fully saturated rings. The lowest BCUT2D eigenvalue weighted by atomic mass is 9.98. The van der Waals surface area contributed by atoms with Gasteiger partial charge in [0.15, 0.2) is 0 Å². The van der Waals surface area contributed by atoms with E-state index in [-0.39, 0.29) is 4.90 Å². The predicted octanol–water partition coefficient (Wildman–Crippen LogP) is 3.31. The Labute approximate surface area is 102 Å². The molecule has 3 nitrogen and oxygen atoms in total. The molecular weight excluding hydrogens is 236 g/mol. The molecule has 0 spiro atoms. The maximum atomic E-state index is 11.3. The van der Waals surface area contributed by atoms with Crippen LogP contribution in [0.15, 0.2) is 29.7 Å². The fraction of sp³-hybridized carbons (Fsp3) is 0.231. The van der Waals surface area contributed by atoms with Gasteiger partial charge in [-0.05, 0) is 43.5 Å². The molecule has 4 heteroatoms. The molecule has 0 bridgehead atoms. The Kier molecular flexibility index (Phi) is 3.91. The van der Waals surface area contributed by atoms with Crippen molar-refractivity contribution in [3.8, 4) is 0 Å². The van der Waals surface area contributed by atoms with Gasteiger partial charge in [0, 0.05) is 5.56 Å². The molecule has 0 amide bonds. The number of allylic oxidation sites excluding steroid dienone is 2. The summed E-state index contributed by atoms with van der Waals surface area (Å²) in [7, 11) is -4.23. The molecule has 0 heterocycles. The lowest BCUT2D eigenvalue weighted by Gasteiger charge is -2.12. The maximum Gasteiger partial charge on any atom is 0.295 e. The minimum atomic E-state index is -4.23. The van der Waals surface area contributed by atoms with Crippen LogP contribution in [0.5, 0.6) is 0 Å². The Hall–Kier alpha value is -1.39. The summed E-state index contributed by atoms with van der Waals surface area (Å²) in [4.78, 5) is -0.0938. The fourth-order valence-electron chi connectivity index (χ4n) is 1.67. The highest BCUT2D eigenvalue weighted by molar-refractivity contribution is 7.86. The van der Waals surface area contributed by atoms with Gasteiger partial charge < -0.3 is 0 Å². The van der Waals surface area contributed by atoms with Crippen molar-refractivity contribution in [3.63, 3.8) is 0 Å². The third kappa shape index (κ3) is 2.84. The van der Waals surface area contributed by atoms with Crippen molar-refractivity contribution in [2.75, 3.05) is 0 Å². The minimum Gasteiger partial charge on any atom is -0.282 e. The summed E-state index contributed by atoms with van der Waals surface area (Å²) < 4.78 is 31.8. The highest BCUT2D eigenvalue weighted by Gasteiger charge is 2.17. The van der Waals surface area contributed by atoms with Gasteiger partial charge in [0.05, 0.1) is 0 Å². The summed E-state index contributed by atoms with van der Waals surface area (Å²) in [5, 5.41) is 0. The highest BCUT2D eigenvalue weighted by Crippen LogP contribution is 2.28. The van der Waals surface area contributed by atoms with Gasteiger partial charge in [-0.25, -0.2) is 0 Å². The molecule has 1 rings (SSSR count). The summed E-state index contributed by atoms with van der Waals surface area (Å²) in [5.41, 5.74) is 2.93. The number of hydrogen-bond donors (Lipinski definition) is 1. The average Bonchev–Trinajstić information content (AvgIpc) is 2.25. The Morgan fingerprint density at radius 2 is 2.00 bits per heavy atom. The fourth-order valence-corrected chi connectivity index (χ4v) is 2.48. The van der Waals surface area contributed by atoms with E-state index in [1.807, 2.05) is 26.0 Å². The summed E-state index contributed by atoms with van der Waals surface area (Å²) in [6, 6.07) is 3.32. The third-order valence-electron chi connectivity index (χ3n) is 2.63. The molecule has 0 atom stereocenters. The van der Waals surface area contributed by atoms with Gasteiger partial charge in [0.25, 0.3) is 10.1 Å². The first-order valence-corrected chi connectivity index (χ1v) is 6.63. The van der Waals surface area contributed by atoms with Crippen LogP contribution < -0.4 is 0 Å². The van der Waals surface area contributed by atoms with Crippen LogP contribution in [0.1, 0.15) is 30.5 Å². The van der Waals surface area contributed by atoms with Crippen molar-refractivity contribution in [2.45, 2.75) is 25.7 Å². The Morgan fingerprint density at radius 3 is 2.41 bits per heavy atom. The molecule has 0 saturated carbocycles. The van der Waals surface area contributed by atoms with Crippen molar-refractivity contribution < 1.29 is 13.0 Å². The lowest BCUT2D eigenvalue weighted by Crippen LogP contribution is -2.04.